The molecule has 1 N–H and O–H groups in total. The van der Waals surface area contributed by atoms with Gasteiger partial charge in [-0.3, -0.25) is 4.89 Å². The van der Waals surface area contributed by atoms with Gasteiger partial charge in [0.15, 0.2) is 0 Å². The van der Waals surface area contributed by atoms with Crippen LogP contribution in [-0.4, -0.2) is 17.9 Å². The lowest BCUT2D eigenvalue weighted by Crippen LogP contribution is -2.02. The molecular formula is C19H38O4. The first kappa shape index (κ1) is 22.2. The number of carboxylic acid groups (broad SMARTS) is 1. The molecule has 0 saturated heterocycles. The molecule has 0 aliphatic rings. The van der Waals surface area contributed by atoms with Gasteiger partial charge >= 0.3 is 6.16 Å². The summed E-state index contributed by atoms with van der Waals surface area (Å²) in [5.74, 6) is 0. The molecule has 0 saturated carbocycles. The van der Waals surface area contributed by atoms with E-state index in [0.29, 0.717) is 6.61 Å². The van der Waals surface area contributed by atoms with E-state index in [2.05, 4.69) is 16.7 Å². The van der Waals surface area contributed by atoms with Crippen LogP contribution in [0.15, 0.2) is 0 Å². The largest absolute Gasteiger partial charge is 0.537 e. The molecule has 0 aromatic heterocycles. The van der Waals surface area contributed by atoms with E-state index >= 15 is 0 Å². The predicted octanol–water partition coefficient (Wildman–Crippen LogP) is 6.87. The molecule has 0 aliphatic heterocycles. The minimum absolute atomic E-state index is 0.366. The molecule has 0 spiro atoms. The van der Waals surface area contributed by atoms with Gasteiger partial charge in [-0.1, -0.05) is 103 Å². The zero-order chi connectivity index (χ0) is 17.0. The summed E-state index contributed by atoms with van der Waals surface area (Å²) in [6.45, 7) is 2.64. The highest BCUT2D eigenvalue weighted by molar-refractivity contribution is 5.55. The molecule has 0 radical (unpaired) electrons. The number of hydrogen-bond donors (Lipinski definition) is 1. The van der Waals surface area contributed by atoms with Gasteiger partial charge in [0.2, 0.25) is 0 Å². The maximum Gasteiger partial charge on any atom is 0.537 e. The van der Waals surface area contributed by atoms with E-state index in [1.54, 1.807) is 0 Å². The first-order valence-electron chi connectivity index (χ1n) is 9.79. The van der Waals surface area contributed by atoms with E-state index in [4.69, 9.17) is 5.11 Å². The van der Waals surface area contributed by atoms with Crippen molar-refractivity contribution in [2.45, 2.75) is 110 Å². The molecule has 0 aliphatic carbocycles. The second-order valence-corrected chi connectivity index (χ2v) is 6.47. The minimum Gasteiger partial charge on any atom is -0.448 e. The first-order chi connectivity index (χ1) is 11.3. The van der Waals surface area contributed by atoms with Crippen molar-refractivity contribution in [3.8, 4) is 0 Å². The first-order valence-corrected chi connectivity index (χ1v) is 9.79. The highest BCUT2D eigenvalue weighted by Gasteiger charge is 1.97. The Kier molecular flexibility index (Phi) is 18.6. The van der Waals surface area contributed by atoms with Gasteiger partial charge in [-0.25, -0.2) is 4.79 Å². The average Bonchev–Trinajstić information content (AvgIpc) is 2.53. The summed E-state index contributed by atoms with van der Waals surface area (Å²) >= 11 is 0. The van der Waals surface area contributed by atoms with Crippen LogP contribution in [-0.2, 0) is 9.78 Å². The molecule has 0 heterocycles. The lowest BCUT2D eigenvalue weighted by atomic mass is 10.0. The van der Waals surface area contributed by atoms with Crippen LogP contribution in [0.1, 0.15) is 110 Å². The van der Waals surface area contributed by atoms with Crippen molar-refractivity contribution >= 4 is 6.16 Å². The Morgan fingerprint density at radius 2 is 1.00 bits per heavy atom. The lowest BCUT2D eigenvalue weighted by molar-refractivity contribution is -0.251. The second-order valence-electron chi connectivity index (χ2n) is 6.47. The van der Waals surface area contributed by atoms with Gasteiger partial charge in [0.1, 0.15) is 0 Å². The smallest absolute Gasteiger partial charge is 0.448 e. The Labute approximate surface area is 142 Å². The van der Waals surface area contributed by atoms with Gasteiger partial charge in [0, 0.05) is 0 Å². The molecule has 0 amide bonds. The fraction of sp³-hybridized carbons (Fsp3) is 0.947. The molecule has 23 heavy (non-hydrogen) atoms. The topological polar surface area (TPSA) is 55.8 Å². The predicted molar refractivity (Wildman–Crippen MR) is 94.6 cm³/mol. The van der Waals surface area contributed by atoms with Crippen molar-refractivity contribution in [3.63, 3.8) is 0 Å². The monoisotopic (exact) mass is 330 g/mol. The summed E-state index contributed by atoms with van der Waals surface area (Å²) in [6.07, 6.45) is 19.8. The third kappa shape index (κ3) is 21.2. The lowest BCUT2D eigenvalue weighted by Gasteiger charge is -2.03. The summed E-state index contributed by atoms with van der Waals surface area (Å²) in [7, 11) is 0. The van der Waals surface area contributed by atoms with Gasteiger partial charge in [-0.05, 0) is 6.42 Å². The van der Waals surface area contributed by atoms with Crippen LogP contribution < -0.4 is 0 Å². The van der Waals surface area contributed by atoms with Crippen LogP contribution in [0.3, 0.4) is 0 Å². The van der Waals surface area contributed by atoms with Gasteiger partial charge in [-0.15, -0.1) is 0 Å². The van der Waals surface area contributed by atoms with E-state index in [9.17, 15) is 4.79 Å². The zero-order valence-electron chi connectivity index (χ0n) is 15.2. The standard InChI is InChI=1S/C19H38O4/c1-2-3-4-5-6-7-8-9-10-11-12-13-14-15-16-17-18-22-23-19(20)21/h2-18H2,1H3,(H,20,21). The van der Waals surface area contributed by atoms with Crippen molar-refractivity contribution in [1.29, 1.82) is 0 Å². The molecule has 4 heteroatoms. The summed E-state index contributed by atoms with van der Waals surface area (Å²) in [6, 6.07) is 0. The van der Waals surface area contributed by atoms with Crippen molar-refractivity contribution < 1.29 is 19.7 Å². The second kappa shape index (κ2) is 19.3. The fourth-order valence-electron chi connectivity index (χ4n) is 2.80. The molecule has 138 valence electrons. The van der Waals surface area contributed by atoms with Crippen LogP contribution >= 0.6 is 0 Å². The van der Waals surface area contributed by atoms with E-state index in [1.165, 1.54) is 89.9 Å². The Morgan fingerprint density at radius 1 is 0.652 bits per heavy atom. The molecule has 4 nitrogen and oxygen atoms in total. The quantitative estimate of drug-likeness (QED) is 0.169. The van der Waals surface area contributed by atoms with Gasteiger partial charge < -0.3 is 5.11 Å². The molecule has 0 atom stereocenters. The van der Waals surface area contributed by atoms with Crippen LogP contribution in [0.25, 0.3) is 0 Å². The molecule has 0 unspecified atom stereocenters. The Hall–Kier alpha value is -0.770. The summed E-state index contributed by atoms with van der Waals surface area (Å²) < 4.78 is 0. The molecule has 0 aromatic rings. The maximum absolute atomic E-state index is 10.0. The molecule has 0 fully saturated rings. The normalized spacial score (nSPS) is 10.8. The molecule has 0 rings (SSSR count). The molecular weight excluding hydrogens is 292 g/mol. The van der Waals surface area contributed by atoms with Crippen LogP contribution in [0.5, 0.6) is 0 Å². The van der Waals surface area contributed by atoms with E-state index < -0.39 is 6.16 Å². The maximum atomic E-state index is 10.0. The van der Waals surface area contributed by atoms with Gasteiger partial charge in [0.25, 0.3) is 0 Å². The van der Waals surface area contributed by atoms with Crippen molar-refractivity contribution in [1.82, 2.24) is 0 Å². The van der Waals surface area contributed by atoms with E-state index in [-0.39, 0.29) is 0 Å². The summed E-state index contributed by atoms with van der Waals surface area (Å²) in [4.78, 5) is 18.5. The average molecular weight is 331 g/mol. The van der Waals surface area contributed by atoms with E-state index in [0.717, 1.165) is 12.8 Å². The van der Waals surface area contributed by atoms with Crippen molar-refractivity contribution in [2.24, 2.45) is 0 Å². The number of rotatable bonds is 18. The van der Waals surface area contributed by atoms with E-state index in [1.807, 2.05) is 0 Å². The van der Waals surface area contributed by atoms with Crippen molar-refractivity contribution in [3.05, 3.63) is 0 Å². The molecule has 0 bridgehead atoms. The highest BCUT2D eigenvalue weighted by atomic mass is 17.2. The number of unbranched alkanes of at least 4 members (excludes halogenated alkanes) is 15. The summed E-state index contributed by atoms with van der Waals surface area (Å²) in [5.41, 5.74) is 0. The van der Waals surface area contributed by atoms with Gasteiger partial charge in [-0.2, -0.15) is 4.89 Å². The van der Waals surface area contributed by atoms with Gasteiger partial charge in [0.05, 0.1) is 6.61 Å². The Morgan fingerprint density at radius 3 is 1.35 bits per heavy atom. The van der Waals surface area contributed by atoms with Crippen molar-refractivity contribution in [2.75, 3.05) is 6.61 Å². The number of carbonyl (C=O) groups is 1. The third-order valence-corrected chi connectivity index (χ3v) is 4.21. The fourth-order valence-corrected chi connectivity index (χ4v) is 2.80. The highest BCUT2D eigenvalue weighted by Crippen LogP contribution is 2.13. The molecule has 0 aromatic carbocycles. The Balaban J connectivity index is 2.96. The Bertz CT molecular complexity index is 244. The van der Waals surface area contributed by atoms with Crippen LogP contribution in [0.4, 0.5) is 4.79 Å². The van der Waals surface area contributed by atoms with Crippen LogP contribution in [0.2, 0.25) is 0 Å². The van der Waals surface area contributed by atoms with Crippen LogP contribution in [0, 0.1) is 0 Å². The number of hydrogen-bond acceptors (Lipinski definition) is 3. The zero-order valence-corrected chi connectivity index (χ0v) is 15.2. The SMILES string of the molecule is CCCCCCCCCCCCCCCCCCOOC(=O)O. The summed E-state index contributed by atoms with van der Waals surface area (Å²) in [5, 5.41) is 8.20. The minimum atomic E-state index is -1.37. The third-order valence-electron chi connectivity index (χ3n) is 4.21.